The number of nitrogens with one attached hydrogen (secondary N) is 2. The molecule has 3 aliphatic heterocycles. The molecule has 11 nitrogen and oxygen atoms in total. The molecule has 0 saturated carbocycles. The summed E-state index contributed by atoms with van der Waals surface area (Å²) in [5.74, 6) is -0.257. The molecule has 3 amide bonds. The molecule has 0 aliphatic carbocycles. The van der Waals surface area contributed by atoms with E-state index in [1.54, 1.807) is 0 Å². The van der Waals surface area contributed by atoms with Gasteiger partial charge in [0.1, 0.15) is 17.4 Å². The van der Waals surface area contributed by atoms with Gasteiger partial charge in [-0.15, -0.1) is 0 Å². The zero-order valence-corrected chi connectivity index (χ0v) is 14.3. The minimum atomic E-state index is -2.84. The van der Waals surface area contributed by atoms with E-state index in [0.717, 1.165) is 11.5 Å². The second kappa shape index (κ2) is 7.93. The lowest BCUT2D eigenvalue weighted by atomic mass is 10.0. The van der Waals surface area contributed by atoms with Crippen molar-refractivity contribution >= 4 is 23.3 Å². The van der Waals surface area contributed by atoms with Crippen LogP contribution in [0, 0.1) is 5.92 Å². The molecule has 0 aromatic carbocycles. The summed E-state index contributed by atoms with van der Waals surface area (Å²) >= 11 is -2.84. The maximum atomic E-state index is 12.3. The molecule has 2 bridgehead atoms. The lowest BCUT2D eigenvalue weighted by Crippen LogP contribution is -2.50. The summed E-state index contributed by atoms with van der Waals surface area (Å²) in [6, 6.07) is -1.69. The van der Waals surface area contributed by atoms with Crippen LogP contribution in [0.15, 0.2) is 0 Å². The van der Waals surface area contributed by atoms with Gasteiger partial charge < -0.3 is 19.9 Å². The highest BCUT2D eigenvalue weighted by molar-refractivity contribution is 7.74. The molecular weight excluding hydrogens is 356 g/mol. The Bertz CT molecular complexity index is 550. The second-order valence-electron chi connectivity index (χ2n) is 6.45. The first-order valence-electron chi connectivity index (χ1n) is 8.13. The molecular formula is C13H21N4O7S-. The molecule has 0 radical (unpaired) electrons. The monoisotopic (exact) mass is 377 g/mol. The summed E-state index contributed by atoms with van der Waals surface area (Å²) < 4.78 is 25.8. The SMILES string of the molecule is O=C(NOC[C@H]1C[C@H](CO)CN1)C1CCC2CN1C(=O)N2OS(=O)[O-]. The number of hydrogen-bond acceptors (Lipinski definition) is 8. The van der Waals surface area contributed by atoms with Crippen LogP contribution in [0.1, 0.15) is 19.3 Å². The van der Waals surface area contributed by atoms with E-state index in [-0.39, 0.29) is 37.8 Å². The van der Waals surface area contributed by atoms with Gasteiger partial charge in [0.15, 0.2) is 0 Å². The maximum absolute atomic E-state index is 12.3. The Morgan fingerprint density at radius 1 is 1.48 bits per heavy atom. The molecule has 3 N–H and O–H groups in total. The van der Waals surface area contributed by atoms with Crippen LogP contribution < -0.4 is 10.8 Å². The largest absolute Gasteiger partial charge is 0.748 e. The van der Waals surface area contributed by atoms with Crippen molar-refractivity contribution in [1.29, 1.82) is 0 Å². The molecule has 3 heterocycles. The Morgan fingerprint density at radius 2 is 2.28 bits per heavy atom. The lowest BCUT2D eigenvalue weighted by molar-refractivity contribution is -0.139. The topological polar surface area (TPSA) is 144 Å². The van der Waals surface area contributed by atoms with Crippen molar-refractivity contribution in [1.82, 2.24) is 20.8 Å². The van der Waals surface area contributed by atoms with Crippen molar-refractivity contribution in [2.75, 3.05) is 26.3 Å². The third-order valence-electron chi connectivity index (χ3n) is 4.80. The van der Waals surface area contributed by atoms with Gasteiger partial charge in [0.25, 0.3) is 5.91 Å². The van der Waals surface area contributed by atoms with Gasteiger partial charge in [-0.25, -0.2) is 14.5 Å². The molecule has 25 heavy (non-hydrogen) atoms. The number of piperidine rings is 1. The number of aliphatic hydroxyl groups is 1. The van der Waals surface area contributed by atoms with Crippen LogP contribution >= 0.6 is 0 Å². The number of carbonyl (C=O) groups is 2. The first kappa shape index (κ1) is 18.5. The Kier molecular flexibility index (Phi) is 5.86. The average molecular weight is 377 g/mol. The van der Waals surface area contributed by atoms with E-state index in [0.29, 0.717) is 19.4 Å². The van der Waals surface area contributed by atoms with Crippen molar-refractivity contribution in [3.05, 3.63) is 0 Å². The summed E-state index contributed by atoms with van der Waals surface area (Å²) in [7, 11) is 0. The maximum Gasteiger partial charge on any atom is 0.346 e. The second-order valence-corrected chi connectivity index (χ2v) is 7.01. The van der Waals surface area contributed by atoms with Gasteiger partial charge in [-0.1, -0.05) is 0 Å². The molecule has 5 atom stereocenters. The highest BCUT2D eigenvalue weighted by Gasteiger charge is 2.48. The van der Waals surface area contributed by atoms with E-state index in [1.165, 1.54) is 4.90 Å². The molecule has 3 fully saturated rings. The van der Waals surface area contributed by atoms with E-state index >= 15 is 0 Å². The highest BCUT2D eigenvalue weighted by Crippen LogP contribution is 2.30. The summed E-state index contributed by atoms with van der Waals surface area (Å²) in [6.07, 6.45) is 1.62. The number of rotatable bonds is 7. The Morgan fingerprint density at radius 3 is 2.96 bits per heavy atom. The molecule has 3 aliphatic rings. The zero-order chi connectivity index (χ0) is 18.0. The fourth-order valence-electron chi connectivity index (χ4n) is 3.52. The van der Waals surface area contributed by atoms with Gasteiger partial charge in [0, 0.05) is 25.7 Å². The number of nitrogens with zero attached hydrogens (tertiary/aromatic N) is 2. The Hall–Kier alpha value is -1.31. The van der Waals surface area contributed by atoms with Gasteiger partial charge in [0.2, 0.25) is 0 Å². The van der Waals surface area contributed by atoms with Gasteiger partial charge in [0.05, 0.1) is 12.6 Å². The molecule has 3 saturated heterocycles. The fraction of sp³-hybridized carbons (Fsp3) is 0.846. The molecule has 12 heteroatoms. The van der Waals surface area contributed by atoms with Gasteiger partial charge in [-0.2, -0.15) is 9.35 Å². The number of hydrogen-bond donors (Lipinski definition) is 3. The molecule has 0 aromatic rings. The van der Waals surface area contributed by atoms with Crippen LogP contribution in [-0.2, 0) is 25.3 Å². The van der Waals surface area contributed by atoms with E-state index in [4.69, 9.17) is 9.94 Å². The van der Waals surface area contributed by atoms with E-state index in [9.17, 15) is 18.4 Å². The standard InChI is InChI=1S/C13H22N4O7S/c18-6-8-3-9(14-4-8)7-23-15-12(19)11-2-1-10-5-16(11)13(20)17(10)24-25(21)22/h8-11,14,18H,1-7H2,(H,15,19)(H,21,22)/p-1/t8-,9+,10?,11?/m0/s1. The van der Waals surface area contributed by atoms with E-state index < -0.39 is 29.3 Å². The molecule has 3 unspecified atom stereocenters. The summed E-state index contributed by atoms with van der Waals surface area (Å²) in [5, 5.41) is 13.1. The number of urea groups is 1. The number of aliphatic hydroxyl groups excluding tert-OH is 1. The predicted molar refractivity (Wildman–Crippen MR) is 81.8 cm³/mol. The third kappa shape index (κ3) is 4.10. The van der Waals surface area contributed by atoms with Crippen molar-refractivity contribution < 1.29 is 32.6 Å². The smallest absolute Gasteiger partial charge is 0.346 e. The minimum Gasteiger partial charge on any atom is -0.748 e. The normalized spacial score (nSPS) is 33.0. The van der Waals surface area contributed by atoms with Crippen molar-refractivity contribution in [2.45, 2.75) is 37.4 Å². The molecule has 0 spiro atoms. The summed E-state index contributed by atoms with van der Waals surface area (Å²) in [5.41, 5.74) is 2.35. The third-order valence-corrected chi connectivity index (χ3v) is 5.08. The van der Waals surface area contributed by atoms with Crippen LogP contribution in [0.2, 0.25) is 0 Å². The molecule has 0 aromatic heterocycles. The van der Waals surface area contributed by atoms with Gasteiger partial charge >= 0.3 is 6.03 Å². The molecule has 3 rings (SSSR count). The summed E-state index contributed by atoms with van der Waals surface area (Å²) in [6.45, 7) is 1.32. The van der Waals surface area contributed by atoms with E-state index in [1.807, 2.05) is 0 Å². The fourth-order valence-corrected chi connectivity index (χ4v) is 3.83. The van der Waals surface area contributed by atoms with E-state index in [2.05, 4.69) is 15.1 Å². The first-order chi connectivity index (χ1) is 12.0. The first-order valence-corrected chi connectivity index (χ1v) is 9.13. The average Bonchev–Trinajstić information content (AvgIpc) is 3.14. The predicted octanol–water partition coefficient (Wildman–Crippen LogP) is -2.00. The van der Waals surface area contributed by atoms with Crippen LogP contribution in [0.25, 0.3) is 0 Å². The van der Waals surface area contributed by atoms with Crippen LogP contribution in [0.4, 0.5) is 4.79 Å². The Labute approximate surface area is 147 Å². The number of amides is 3. The van der Waals surface area contributed by atoms with Crippen LogP contribution in [-0.4, -0.2) is 80.2 Å². The number of hydroxylamine groups is 3. The number of fused-ring (bicyclic) bond motifs is 2. The van der Waals surface area contributed by atoms with Crippen molar-refractivity contribution in [3.63, 3.8) is 0 Å². The van der Waals surface area contributed by atoms with Crippen LogP contribution in [0.3, 0.4) is 0 Å². The Balaban J connectivity index is 1.47. The van der Waals surface area contributed by atoms with Gasteiger partial charge in [-0.05, 0) is 25.2 Å². The highest BCUT2D eigenvalue weighted by atomic mass is 32.2. The summed E-state index contributed by atoms with van der Waals surface area (Å²) in [4.78, 5) is 31.0. The van der Waals surface area contributed by atoms with Crippen molar-refractivity contribution in [3.8, 4) is 0 Å². The van der Waals surface area contributed by atoms with Gasteiger partial charge in [-0.3, -0.25) is 9.63 Å². The van der Waals surface area contributed by atoms with Crippen LogP contribution in [0.5, 0.6) is 0 Å². The quantitative estimate of drug-likeness (QED) is 0.341. The minimum absolute atomic E-state index is 0.0533. The number of carbonyl (C=O) groups excluding carboxylic acids is 2. The van der Waals surface area contributed by atoms with Crippen molar-refractivity contribution in [2.24, 2.45) is 5.92 Å². The molecule has 142 valence electrons. The lowest BCUT2D eigenvalue weighted by Gasteiger charge is -2.29. The zero-order valence-electron chi connectivity index (χ0n) is 13.5.